The monoisotopic (exact) mass is 152 g/mol. The molecular weight excluding hydrogens is 144 g/mol. The zero-order valence-corrected chi connectivity index (χ0v) is 6.00. The Morgan fingerprint density at radius 1 is 1.45 bits per heavy atom. The number of cyclic esters (lactones) is 2. The Bertz CT molecular complexity index is 228. The standard InChI is InChI=1S/C8H8O3/c1-3-6(4-2)7-5-10-8(9)11-7/h3-4H,1-2,5H2. The molecular formula is C8H8O3. The van der Waals surface area contributed by atoms with E-state index >= 15 is 0 Å². The molecule has 0 spiro atoms. The van der Waals surface area contributed by atoms with Crippen LogP contribution in [0.1, 0.15) is 0 Å². The molecule has 1 fully saturated rings. The summed E-state index contributed by atoms with van der Waals surface area (Å²) < 4.78 is 9.22. The van der Waals surface area contributed by atoms with Crippen LogP contribution in [0.25, 0.3) is 0 Å². The lowest BCUT2D eigenvalue weighted by atomic mass is 10.2. The van der Waals surface area contributed by atoms with Gasteiger partial charge in [-0.15, -0.1) is 0 Å². The quantitative estimate of drug-likeness (QED) is 0.566. The third-order valence-electron chi connectivity index (χ3n) is 1.29. The van der Waals surface area contributed by atoms with E-state index in [0.717, 1.165) is 0 Å². The molecule has 0 unspecified atom stereocenters. The van der Waals surface area contributed by atoms with E-state index in [1.165, 1.54) is 0 Å². The highest BCUT2D eigenvalue weighted by molar-refractivity contribution is 5.65. The second kappa shape index (κ2) is 3.05. The van der Waals surface area contributed by atoms with E-state index in [2.05, 4.69) is 22.6 Å². The Balaban J connectivity index is 2.86. The Morgan fingerprint density at radius 3 is 2.45 bits per heavy atom. The molecule has 1 heterocycles. The molecule has 0 aromatic heterocycles. The van der Waals surface area contributed by atoms with Crippen molar-refractivity contribution in [2.75, 3.05) is 6.61 Å². The number of rotatable bonds is 2. The number of carbonyl (C=O) groups excluding carboxylic acids is 1. The first-order valence-electron chi connectivity index (χ1n) is 3.10. The van der Waals surface area contributed by atoms with Crippen molar-refractivity contribution < 1.29 is 14.3 Å². The fourth-order valence-corrected chi connectivity index (χ4v) is 0.737. The average molecular weight is 152 g/mol. The summed E-state index contributed by atoms with van der Waals surface area (Å²) in [6.45, 7) is 7.22. The van der Waals surface area contributed by atoms with E-state index in [1.807, 2.05) is 0 Å². The van der Waals surface area contributed by atoms with E-state index < -0.39 is 6.16 Å². The van der Waals surface area contributed by atoms with Gasteiger partial charge >= 0.3 is 6.16 Å². The van der Waals surface area contributed by atoms with Gasteiger partial charge in [0, 0.05) is 5.57 Å². The predicted molar refractivity (Wildman–Crippen MR) is 39.9 cm³/mol. The van der Waals surface area contributed by atoms with Crippen LogP contribution in [0, 0.1) is 0 Å². The molecule has 0 radical (unpaired) electrons. The third-order valence-corrected chi connectivity index (χ3v) is 1.29. The van der Waals surface area contributed by atoms with Crippen molar-refractivity contribution in [1.82, 2.24) is 0 Å². The summed E-state index contributed by atoms with van der Waals surface area (Å²) in [4.78, 5) is 10.4. The second-order valence-electron chi connectivity index (χ2n) is 1.93. The molecule has 0 amide bonds. The molecule has 58 valence electrons. The van der Waals surface area contributed by atoms with Crippen molar-refractivity contribution in [2.45, 2.75) is 0 Å². The van der Waals surface area contributed by atoms with Crippen molar-refractivity contribution in [2.24, 2.45) is 0 Å². The summed E-state index contributed by atoms with van der Waals surface area (Å²) in [7, 11) is 0. The van der Waals surface area contributed by atoms with Crippen LogP contribution in [0.15, 0.2) is 36.6 Å². The second-order valence-corrected chi connectivity index (χ2v) is 1.93. The van der Waals surface area contributed by atoms with Gasteiger partial charge in [-0.3, -0.25) is 0 Å². The normalized spacial score (nSPS) is 15.3. The average Bonchev–Trinajstić information content (AvgIpc) is 2.39. The van der Waals surface area contributed by atoms with E-state index in [9.17, 15) is 4.79 Å². The van der Waals surface area contributed by atoms with Crippen LogP contribution in [0.2, 0.25) is 0 Å². The lowest BCUT2D eigenvalue weighted by molar-refractivity contribution is 0.136. The number of hydrogen-bond donors (Lipinski definition) is 0. The van der Waals surface area contributed by atoms with Crippen LogP contribution < -0.4 is 0 Å². The van der Waals surface area contributed by atoms with Gasteiger partial charge in [0.05, 0.1) is 0 Å². The lowest BCUT2D eigenvalue weighted by Gasteiger charge is -1.94. The minimum Gasteiger partial charge on any atom is -0.426 e. The zero-order valence-electron chi connectivity index (χ0n) is 6.00. The van der Waals surface area contributed by atoms with Crippen LogP contribution in [0.4, 0.5) is 4.79 Å². The van der Waals surface area contributed by atoms with Crippen LogP contribution in [0.5, 0.6) is 0 Å². The number of allylic oxidation sites excluding steroid dienone is 3. The maximum absolute atomic E-state index is 10.4. The van der Waals surface area contributed by atoms with Crippen molar-refractivity contribution >= 4 is 6.16 Å². The molecule has 0 aromatic carbocycles. The minimum absolute atomic E-state index is 0.173. The lowest BCUT2D eigenvalue weighted by Crippen LogP contribution is -1.89. The van der Waals surface area contributed by atoms with Crippen molar-refractivity contribution in [3.63, 3.8) is 0 Å². The highest BCUT2D eigenvalue weighted by Gasteiger charge is 2.20. The molecule has 0 aromatic rings. The SMILES string of the molecule is C=CC(C=C)=C1COC(=O)O1. The molecule has 0 bridgehead atoms. The maximum Gasteiger partial charge on any atom is 0.514 e. The van der Waals surface area contributed by atoms with Gasteiger partial charge in [0.15, 0.2) is 12.4 Å². The summed E-state index contributed by atoms with van der Waals surface area (Å²) >= 11 is 0. The van der Waals surface area contributed by atoms with Gasteiger partial charge in [-0.2, -0.15) is 0 Å². The third kappa shape index (κ3) is 1.49. The molecule has 0 atom stereocenters. The predicted octanol–water partition coefficient (Wildman–Crippen LogP) is 1.78. The topological polar surface area (TPSA) is 35.5 Å². The first-order chi connectivity index (χ1) is 5.27. The smallest absolute Gasteiger partial charge is 0.426 e. The molecule has 1 rings (SSSR count). The Labute approximate surface area is 64.6 Å². The van der Waals surface area contributed by atoms with Gasteiger partial charge in [0.1, 0.15) is 0 Å². The van der Waals surface area contributed by atoms with E-state index in [-0.39, 0.29) is 6.61 Å². The van der Waals surface area contributed by atoms with Crippen molar-refractivity contribution in [1.29, 1.82) is 0 Å². The van der Waals surface area contributed by atoms with Crippen LogP contribution in [0.3, 0.4) is 0 Å². The molecule has 3 heteroatoms. The Kier molecular flexibility index (Phi) is 2.11. The summed E-state index contributed by atoms with van der Waals surface area (Å²) in [5.41, 5.74) is 0.691. The highest BCUT2D eigenvalue weighted by Crippen LogP contribution is 2.15. The Morgan fingerprint density at radius 2 is 2.09 bits per heavy atom. The largest absolute Gasteiger partial charge is 0.514 e. The van der Waals surface area contributed by atoms with E-state index in [0.29, 0.717) is 11.3 Å². The molecule has 11 heavy (non-hydrogen) atoms. The van der Waals surface area contributed by atoms with Crippen molar-refractivity contribution in [3.8, 4) is 0 Å². The van der Waals surface area contributed by atoms with Gasteiger partial charge < -0.3 is 9.47 Å². The summed E-state index contributed by atoms with van der Waals surface area (Å²) in [6, 6.07) is 0. The molecule has 3 nitrogen and oxygen atoms in total. The fraction of sp³-hybridized carbons (Fsp3) is 0.125. The van der Waals surface area contributed by atoms with Crippen LogP contribution in [-0.2, 0) is 9.47 Å². The van der Waals surface area contributed by atoms with E-state index in [4.69, 9.17) is 0 Å². The van der Waals surface area contributed by atoms with Crippen LogP contribution >= 0.6 is 0 Å². The van der Waals surface area contributed by atoms with Gasteiger partial charge in [-0.25, -0.2) is 4.79 Å². The number of ether oxygens (including phenoxy) is 2. The maximum atomic E-state index is 10.4. The summed E-state index contributed by atoms with van der Waals surface area (Å²) in [6.07, 6.45) is 2.45. The van der Waals surface area contributed by atoms with Crippen LogP contribution in [-0.4, -0.2) is 12.8 Å². The first kappa shape index (κ1) is 7.60. The molecule has 1 saturated heterocycles. The molecule has 0 saturated carbocycles. The van der Waals surface area contributed by atoms with E-state index in [1.54, 1.807) is 12.2 Å². The van der Waals surface area contributed by atoms with Gasteiger partial charge in [0.2, 0.25) is 0 Å². The van der Waals surface area contributed by atoms with Gasteiger partial charge in [-0.1, -0.05) is 25.3 Å². The first-order valence-corrected chi connectivity index (χ1v) is 3.10. The van der Waals surface area contributed by atoms with Gasteiger partial charge in [-0.05, 0) is 0 Å². The molecule has 1 aliphatic heterocycles. The molecule has 0 N–H and O–H groups in total. The zero-order chi connectivity index (χ0) is 8.27. The highest BCUT2D eigenvalue weighted by atomic mass is 16.8. The minimum atomic E-state index is -0.666. The fourth-order valence-electron chi connectivity index (χ4n) is 0.737. The summed E-state index contributed by atoms with van der Waals surface area (Å²) in [5.74, 6) is 0.472. The molecule has 1 aliphatic rings. The number of hydrogen-bond acceptors (Lipinski definition) is 3. The molecule has 0 aliphatic carbocycles. The Hall–Kier alpha value is -1.51. The summed E-state index contributed by atoms with van der Waals surface area (Å²) in [5, 5.41) is 0. The van der Waals surface area contributed by atoms with Crippen molar-refractivity contribution in [3.05, 3.63) is 36.6 Å². The number of carbonyl (C=O) groups is 1. The van der Waals surface area contributed by atoms with Gasteiger partial charge in [0.25, 0.3) is 0 Å².